The molecule has 0 fully saturated rings. The fourth-order valence-corrected chi connectivity index (χ4v) is 6.06. The van der Waals surface area contributed by atoms with E-state index >= 15 is 0 Å². The number of ketones is 1. The SMILES string of the molecule is Cc1cc([C@@H]2C(C#N)=C(N)N(c3cc(C(F)(F)F)ccc3Cl)C3=C2C(=O)CC(C)(C)C3)c(C)s1. The second kappa shape index (κ2) is 8.17. The summed E-state index contributed by atoms with van der Waals surface area (Å²) in [5.41, 5.74) is 7.01. The Bertz CT molecular complexity index is 1310. The zero-order valence-electron chi connectivity index (χ0n) is 19.1. The number of thiophene rings is 1. The highest BCUT2D eigenvalue weighted by molar-refractivity contribution is 7.12. The first-order valence-corrected chi connectivity index (χ1v) is 11.8. The largest absolute Gasteiger partial charge is 0.416 e. The van der Waals surface area contributed by atoms with E-state index in [0.29, 0.717) is 17.7 Å². The molecule has 34 heavy (non-hydrogen) atoms. The monoisotopic (exact) mass is 505 g/mol. The number of allylic oxidation sites excluding steroid dienone is 3. The number of hydrogen-bond donors (Lipinski definition) is 1. The van der Waals surface area contributed by atoms with Crippen LogP contribution >= 0.6 is 22.9 Å². The minimum atomic E-state index is -4.60. The van der Waals surface area contributed by atoms with E-state index in [9.17, 15) is 23.2 Å². The van der Waals surface area contributed by atoms with Gasteiger partial charge in [0.1, 0.15) is 5.82 Å². The summed E-state index contributed by atoms with van der Waals surface area (Å²) < 4.78 is 40.6. The summed E-state index contributed by atoms with van der Waals surface area (Å²) in [6, 6.07) is 7.06. The number of nitrogens with zero attached hydrogens (tertiary/aromatic N) is 2. The molecule has 4 rings (SSSR count). The summed E-state index contributed by atoms with van der Waals surface area (Å²) in [5.74, 6) is -0.830. The van der Waals surface area contributed by atoms with Crippen molar-refractivity contribution < 1.29 is 18.0 Å². The van der Waals surface area contributed by atoms with Gasteiger partial charge in [-0.2, -0.15) is 18.4 Å². The number of hydrogen-bond acceptors (Lipinski definition) is 5. The molecule has 1 aliphatic heterocycles. The Morgan fingerprint density at radius 2 is 1.91 bits per heavy atom. The van der Waals surface area contributed by atoms with Gasteiger partial charge in [0.05, 0.1) is 33.8 Å². The fraction of sp³-hybridized carbons (Fsp3) is 0.360. The predicted octanol–water partition coefficient (Wildman–Crippen LogP) is 6.98. The van der Waals surface area contributed by atoms with Crippen LogP contribution in [0.25, 0.3) is 0 Å². The molecule has 0 saturated heterocycles. The van der Waals surface area contributed by atoms with Crippen molar-refractivity contribution in [1.29, 1.82) is 5.26 Å². The van der Waals surface area contributed by atoms with Gasteiger partial charge in [-0.1, -0.05) is 25.4 Å². The van der Waals surface area contributed by atoms with Crippen molar-refractivity contribution in [3.63, 3.8) is 0 Å². The van der Waals surface area contributed by atoms with Crippen LogP contribution in [0.1, 0.15) is 53.5 Å². The Balaban J connectivity index is 2.05. The summed E-state index contributed by atoms with van der Waals surface area (Å²) in [6.45, 7) is 7.72. The third kappa shape index (κ3) is 4.01. The number of nitriles is 1. The van der Waals surface area contributed by atoms with Crippen molar-refractivity contribution >= 4 is 34.4 Å². The number of carbonyl (C=O) groups is 1. The molecule has 2 aliphatic rings. The van der Waals surface area contributed by atoms with Gasteiger partial charge < -0.3 is 5.73 Å². The molecule has 2 heterocycles. The second-order valence-electron chi connectivity index (χ2n) is 9.51. The number of benzene rings is 1. The molecule has 0 bridgehead atoms. The van der Waals surface area contributed by atoms with Crippen LogP contribution in [0.2, 0.25) is 5.02 Å². The summed E-state index contributed by atoms with van der Waals surface area (Å²) in [4.78, 5) is 16.9. The van der Waals surface area contributed by atoms with Crippen LogP contribution in [0.15, 0.2) is 46.9 Å². The van der Waals surface area contributed by atoms with E-state index < -0.39 is 23.1 Å². The van der Waals surface area contributed by atoms with Gasteiger partial charge in [-0.25, -0.2) is 0 Å². The first-order valence-electron chi connectivity index (χ1n) is 10.6. The third-order valence-corrected chi connectivity index (χ3v) is 7.59. The Labute approximate surface area is 205 Å². The smallest absolute Gasteiger partial charge is 0.384 e. The molecule has 0 radical (unpaired) electrons. The third-order valence-electron chi connectivity index (χ3n) is 6.29. The van der Waals surface area contributed by atoms with E-state index in [0.717, 1.165) is 33.5 Å². The highest BCUT2D eigenvalue weighted by Crippen LogP contribution is 2.52. The van der Waals surface area contributed by atoms with Crippen LogP contribution in [-0.4, -0.2) is 5.78 Å². The lowest BCUT2D eigenvalue weighted by Gasteiger charge is -2.44. The average molecular weight is 506 g/mol. The van der Waals surface area contributed by atoms with Crippen molar-refractivity contribution in [2.75, 3.05) is 4.90 Å². The Hall–Kier alpha value is -2.76. The summed E-state index contributed by atoms with van der Waals surface area (Å²) in [7, 11) is 0. The quantitative estimate of drug-likeness (QED) is 0.478. The Morgan fingerprint density at radius 1 is 1.24 bits per heavy atom. The van der Waals surface area contributed by atoms with Crippen LogP contribution in [0.3, 0.4) is 0 Å². The standard InChI is InChI=1S/C25H23ClF3N3OS/c1-12-7-15(13(2)34-12)21-16(11-30)23(31)32(19-9-24(3,4)10-20(33)22(19)21)18-8-14(25(27,28)29)5-6-17(18)26/h5-8,21H,9-10,31H2,1-4H3/t21-/m1/s1. The number of nitrogens with two attached hydrogens (primary N) is 1. The molecule has 0 saturated carbocycles. The van der Waals surface area contributed by atoms with E-state index in [2.05, 4.69) is 6.07 Å². The van der Waals surface area contributed by atoms with Crippen molar-refractivity contribution in [1.82, 2.24) is 0 Å². The van der Waals surface area contributed by atoms with Gasteiger partial charge in [-0.3, -0.25) is 9.69 Å². The van der Waals surface area contributed by atoms with Crippen LogP contribution in [0.4, 0.5) is 18.9 Å². The molecule has 9 heteroatoms. The molecule has 2 aromatic rings. The van der Waals surface area contributed by atoms with E-state index in [-0.39, 0.29) is 34.3 Å². The lowest BCUT2D eigenvalue weighted by molar-refractivity contribution is -0.137. The van der Waals surface area contributed by atoms with Crippen molar-refractivity contribution in [3.8, 4) is 6.07 Å². The lowest BCUT2D eigenvalue weighted by Crippen LogP contribution is -2.42. The molecule has 2 N–H and O–H groups in total. The molecule has 4 nitrogen and oxygen atoms in total. The van der Waals surface area contributed by atoms with Gasteiger partial charge in [-0.05, 0) is 55.5 Å². The summed E-state index contributed by atoms with van der Waals surface area (Å²) in [6.07, 6.45) is -3.95. The van der Waals surface area contributed by atoms with Gasteiger partial charge in [0.15, 0.2) is 5.78 Å². The molecule has 178 valence electrons. The van der Waals surface area contributed by atoms with Gasteiger partial charge in [0.2, 0.25) is 0 Å². The van der Waals surface area contributed by atoms with Gasteiger partial charge in [0, 0.05) is 27.4 Å². The molecule has 1 aliphatic carbocycles. The number of anilines is 1. The first kappa shape index (κ1) is 24.4. The van der Waals surface area contributed by atoms with E-state index in [1.54, 1.807) is 11.3 Å². The number of rotatable bonds is 2. The molecule has 0 amide bonds. The highest BCUT2D eigenvalue weighted by atomic mass is 35.5. The highest BCUT2D eigenvalue weighted by Gasteiger charge is 2.46. The van der Waals surface area contributed by atoms with E-state index in [1.807, 2.05) is 33.8 Å². The maximum Gasteiger partial charge on any atom is 0.416 e. The van der Waals surface area contributed by atoms with Gasteiger partial charge >= 0.3 is 6.18 Å². The maximum absolute atomic E-state index is 13.5. The molecule has 0 spiro atoms. The number of Topliss-reactive ketones (excluding diaryl/α,β-unsaturated/α-hetero) is 1. The van der Waals surface area contributed by atoms with Crippen LogP contribution in [0.5, 0.6) is 0 Å². The van der Waals surface area contributed by atoms with Crippen molar-refractivity contribution in [2.24, 2.45) is 11.1 Å². The topological polar surface area (TPSA) is 70.1 Å². The van der Waals surface area contributed by atoms with Crippen LogP contribution < -0.4 is 10.6 Å². The zero-order chi connectivity index (χ0) is 25.2. The number of halogens is 4. The van der Waals surface area contributed by atoms with Crippen LogP contribution in [0, 0.1) is 30.6 Å². The second-order valence-corrected chi connectivity index (χ2v) is 11.4. The molecular weight excluding hydrogens is 483 g/mol. The Morgan fingerprint density at radius 3 is 2.47 bits per heavy atom. The summed E-state index contributed by atoms with van der Waals surface area (Å²) in [5, 5.41) is 10.2. The van der Waals surface area contributed by atoms with E-state index in [4.69, 9.17) is 17.3 Å². The Kier molecular flexibility index (Phi) is 5.86. The fourth-order valence-electron chi connectivity index (χ4n) is 4.89. The molecule has 1 atom stereocenters. The molecular formula is C25H23ClF3N3OS. The normalized spacial score (nSPS) is 20.5. The number of aryl methyl sites for hydroxylation is 2. The number of carbonyl (C=O) groups excluding carboxylic acids is 1. The molecule has 1 aromatic heterocycles. The van der Waals surface area contributed by atoms with Crippen molar-refractivity contribution in [2.45, 2.75) is 52.6 Å². The molecule has 0 unspecified atom stereocenters. The maximum atomic E-state index is 13.5. The van der Waals surface area contributed by atoms with Crippen LogP contribution in [-0.2, 0) is 11.0 Å². The van der Waals surface area contributed by atoms with Gasteiger partial charge in [0.25, 0.3) is 0 Å². The number of alkyl halides is 3. The zero-order valence-corrected chi connectivity index (χ0v) is 20.7. The summed E-state index contributed by atoms with van der Waals surface area (Å²) >= 11 is 7.94. The first-order chi connectivity index (χ1) is 15.7. The molecule has 1 aromatic carbocycles. The predicted molar refractivity (Wildman–Crippen MR) is 127 cm³/mol. The average Bonchev–Trinajstić information content (AvgIpc) is 3.04. The van der Waals surface area contributed by atoms with Crippen molar-refractivity contribution in [3.05, 3.63) is 72.8 Å². The minimum absolute atomic E-state index is 0.00332. The van der Waals surface area contributed by atoms with E-state index in [1.165, 1.54) is 4.90 Å². The van der Waals surface area contributed by atoms with Gasteiger partial charge in [-0.15, -0.1) is 11.3 Å². The lowest BCUT2D eigenvalue weighted by atomic mass is 9.68. The minimum Gasteiger partial charge on any atom is -0.384 e.